The number of rotatable bonds is 5. The van der Waals surface area contributed by atoms with E-state index in [-0.39, 0.29) is 23.0 Å². The summed E-state index contributed by atoms with van der Waals surface area (Å²) in [4.78, 5) is 37.5. The van der Waals surface area contributed by atoms with E-state index in [4.69, 9.17) is 9.47 Å². The van der Waals surface area contributed by atoms with Crippen molar-refractivity contribution in [3.05, 3.63) is 53.6 Å². The van der Waals surface area contributed by atoms with Gasteiger partial charge in [0.05, 0.1) is 25.3 Å². The molecule has 0 aliphatic carbocycles. The van der Waals surface area contributed by atoms with Gasteiger partial charge in [-0.3, -0.25) is 4.79 Å². The highest BCUT2D eigenvalue weighted by Gasteiger charge is 2.22. The molecule has 1 saturated heterocycles. The lowest BCUT2D eigenvalue weighted by atomic mass is 10.2. The van der Waals surface area contributed by atoms with Crippen LogP contribution in [-0.2, 0) is 9.53 Å². The highest BCUT2D eigenvalue weighted by molar-refractivity contribution is 5.97. The fourth-order valence-electron chi connectivity index (χ4n) is 2.85. The molecular weight excluding hydrogens is 350 g/mol. The van der Waals surface area contributed by atoms with Gasteiger partial charge in [-0.1, -0.05) is 0 Å². The zero-order chi connectivity index (χ0) is 19.4. The van der Waals surface area contributed by atoms with E-state index in [1.807, 2.05) is 0 Å². The van der Waals surface area contributed by atoms with Gasteiger partial charge < -0.3 is 19.1 Å². The molecule has 0 bridgehead atoms. The largest absolute Gasteiger partial charge is 0.493 e. The number of benzene rings is 2. The molecule has 0 N–H and O–H groups in total. The summed E-state index contributed by atoms with van der Waals surface area (Å²) in [6.45, 7) is 0.687. The van der Waals surface area contributed by atoms with E-state index < -0.39 is 11.9 Å². The fourth-order valence-corrected chi connectivity index (χ4v) is 2.85. The Bertz CT molecular complexity index is 875. The normalized spacial score (nSPS) is 13.4. The number of esters is 2. The predicted octanol–water partition coefficient (Wildman–Crippen LogP) is 2.83. The average molecular weight is 369 g/mol. The molecule has 0 unspecified atom stereocenters. The standard InChI is InChI=1S/C20H19NO6/c1-25-17-12-14(19(23)26-2)7-10-16(17)27-20(24)13-5-8-15(9-6-13)21-11-3-4-18(21)22/h5-10,12H,3-4,11H2,1-2H3. The van der Waals surface area contributed by atoms with Gasteiger partial charge in [-0.05, 0) is 48.9 Å². The molecule has 0 aromatic heterocycles. The number of carbonyl (C=O) groups excluding carboxylic acids is 3. The van der Waals surface area contributed by atoms with Crippen molar-refractivity contribution >= 4 is 23.5 Å². The molecule has 0 spiro atoms. The first kappa shape index (κ1) is 18.4. The first-order chi connectivity index (χ1) is 13.0. The molecule has 1 amide bonds. The van der Waals surface area contributed by atoms with E-state index in [1.54, 1.807) is 29.2 Å². The van der Waals surface area contributed by atoms with Crippen molar-refractivity contribution in [3.8, 4) is 11.5 Å². The molecule has 0 radical (unpaired) electrons. The van der Waals surface area contributed by atoms with Crippen LogP contribution in [0.5, 0.6) is 11.5 Å². The molecule has 140 valence electrons. The molecule has 1 aliphatic rings. The Hall–Kier alpha value is -3.35. The molecule has 0 atom stereocenters. The predicted molar refractivity (Wildman–Crippen MR) is 97.3 cm³/mol. The van der Waals surface area contributed by atoms with Gasteiger partial charge in [0.25, 0.3) is 0 Å². The van der Waals surface area contributed by atoms with Crippen LogP contribution in [0.3, 0.4) is 0 Å². The van der Waals surface area contributed by atoms with Crippen LogP contribution >= 0.6 is 0 Å². The summed E-state index contributed by atoms with van der Waals surface area (Å²) in [6, 6.07) is 11.1. The SMILES string of the molecule is COC(=O)c1ccc(OC(=O)c2ccc(N3CCCC3=O)cc2)c(OC)c1. The number of ether oxygens (including phenoxy) is 3. The zero-order valence-corrected chi connectivity index (χ0v) is 15.1. The van der Waals surface area contributed by atoms with E-state index in [2.05, 4.69) is 4.74 Å². The van der Waals surface area contributed by atoms with Crippen molar-refractivity contribution in [3.63, 3.8) is 0 Å². The lowest BCUT2D eigenvalue weighted by Crippen LogP contribution is -2.23. The zero-order valence-electron chi connectivity index (χ0n) is 15.1. The van der Waals surface area contributed by atoms with E-state index >= 15 is 0 Å². The second kappa shape index (κ2) is 7.90. The van der Waals surface area contributed by atoms with Crippen LogP contribution in [0.25, 0.3) is 0 Å². The lowest BCUT2D eigenvalue weighted by molar-refractivity contribution is -0.117. The first-order valence-electron chi connectivity index (χ1n) is 8.42. The molecule has 3 rings (SSSR count). The number of anilines is 1. The van der Waals surface area contributed by atoms with Crippen LogP contribution in [0.15, 0.2) is 42.5 Å². The molecule has 2 aromatic rings. The molecule has 0 saturated carbocycles. The quantitative estimate of drug-likeness (QED) is 0.595. The average Bonchev–Trinajstić information content (AvgIpc) is 3.13. The molecule has 7 heteroatoms. The van der Waals surface area contributed by atoms with Gasteiger partial charge in [-0.25, -0.2) is 9.59 Å². The second-order valence-corrected chi connectivity index (χ2v) is 5.94. The van der Waals surface area contributed by atoms with Gasteiger partial charge in [-0.2, -0.15) is 0 Å². The second-order valence-electron chi connectivity index (χ2n) is 5.94. The minimum atomic E-state index is -0.571. The Balaban J connectivity index is 1.75. The minimum absolute atomic E-state index is 0.0840. The molecular formula is C20H19NO6. The van der Waals surface area contributed by atoms with E-state index in [0.717, 1.165) is 12.1 Å². The monoisotopic (exact) mass is 369 g/mol. The van der Waals surface area contributed by atoms with E-state index in [9.17, 15) is 14.4 Å². The van der Waals surface area contributed by atoms with Crippen molar-refractivity contribution in [1.82, 2.24) is 0 Å². The first-order valence-corrected chi connectivity index (χ1v) is 8.42. The maximum atomic E-state index is 12.4. The molecule has 1 aliphatic heterocycles. The van der Waals surface area contributed by atoms with Gasteiger partial charge in [0.2, 0.25) is 5.91 Å². The van der Waals surface area contributed by atoms with Crippen LogP contribution in [-0.4, -0.2) is 38.6 Å². The summed E-state index contributed by atoms with van der Waals surface area (Å²) in [5.41, 5.74) is 1.38. The Kier molecular flexibility index (Phi) is 5.40. The summed E-state index contributed by atoms with van der Waals surface area (Å²) in [6.07, 6.45) is 1.38. The van der Waals surface area contributed by atoms with Crippen molar-refractivity contribution < 1.29 is 28.6 Å². The van der Waals surface area contributed by atoms with Crippen LogP contribution in [0.2, 0.25) is 0 Å². The molecule has 1 heterocycles. The number of nitrogens with zero attached hydrogens (tertiary/aromatic N) is 1. The number of methoxy groups -OCH3 is 2. The Labute approximate surface area is 156 Å². The molecule has 7 nitrogen and oxygen atoms in total. The fraction of sp³-hybridized carbons (Fsp3) is 0.250. The summed E-state index contributed by atoms with van der Waals surface area (Å²) < 4.78 is 15.2. The van der Waals surface area contributed by atoms with Gasteiger partial charge >= 0.3 is 11.9 Å². The number of amides is 1. The number of hydrogen-bond donors (Lipinski definition) is 0. The lowest BCUT2D eigenvalue weighted by Gasteiger charge is -2.16. The van der Waals surface area contributed by atoms with Crippen LogP contribution < -0.4 is 14.4 Å². The van der Waals surface area contributed by atoms with E-state index in [1.165, 1.54) is 32.4 Å². The van der Waals surface area contributed by atoms with Crippen LogP contribution in [0, 0.1) is 0 Å². The number of hydrogen-bond acceptors (Lipinski definition) is 6. The van der Waals surface area contributed by atoms with Gasteiger partial charge in [-0.15, -0.1) is 0 Å². The maximum Gasteiger partial charge on any atom is 0.343 e. The third-order valence-corrected chi connectivity index (χ3v) is 4.28. The van der Waals surface area contributed by atoms with Crippen molar-refractivity contribution in [2.24, 2.45) is 0 Å². The summed E-state index contributed by atoms with van der Waals surface area (Å²) >= 11 is 0. The topological polar surface area (TPSA) is 82.1 Å². The van der Waals surface area contributed by atoms with Crippen LogP contribution in [0.1, 0.15) is 33.6 Å². The molecule has 2 aromatic carbocycles. The Morgan fingerprint density at radius 1 is 0.926 bits per heavy atom. The van der Waals surface area contributed by atoms with E-state index in [0.29, 0.717) is 18.5 Å². The van der Waals surface area contributed by atoms with Gasteiger partial charge in [0.15, 0.2) is 11.5 Å². The molecule has 27 heavy (non-hydrogen) atoms. The van der Waals surface area contributed by atoms with Crippen LogP contribution in [0.4, 0.5) is 5.69 Å². The summed E-state index contributed by atoms with van der Waals surface area (Å²) in [5.74, 6) is -0.572. The summed E-state index contributed by atoms with van der Waals surface area (Å²) in [7, 11) is 2.69. The highest BCUT2D eigenvalue weighted by atomic mass is 16.6. The number of carbonyl (C=O) groups is 3. The van der Waals surface area contributed by atoms with Crippen molar-refractivity contribution in [2.75, 3.05) is 25.7 Å². The smallest absolute Gasteiger partial charge is 0.343 e. The van der Waals surface area contributed by atoms with Crippen molar-refractivity contribution in [1.29, 1.82) is 0 Å². The van der Waals surface area contributed by atoms with Gasteiger partial charge in [0, 0.05) is 18.7 Å². The minimum Gasteiger partial charge on any atom is -0.493 e. The highest BCUT2D eigenvalue weighted by Crippen LogP contribution is 2.29. The third kappa shape index (κ3) is 3.92. The molecule has 1 fully saturated rings. The third-order valence-electron chi connectivity index (χ3n) is 4.28. The Morgan fingerprint density at radius 3 is 2.22 bits per heavy atom. The summed E-state index contributed by atoms with van der Waals surface area (Å²) in [5, 5.41) is 0. The Morgan fingerprint density at radius 2 is 1.63 bits per heavy atom. The van der Waals surface area contributed by atoms with Crippen molar-refractivity contribution in [2.45, 2.75) is 12.8 Å². The maximum absolute atomic E-state index is 12.4. The van der Waals surface area contributed by atoms with Gasteiger partial charge in [0.1, 0.15) is 0 Å².